The summed E-state index contributed by atoms with van der Waals surface area (Å²) in [7, 11) is -3.01. The Bertz CT molecular complexity index is 554. The number of ether oxygens (including phenoxy) is 1. The van der Waals surface area contributed by atoms with E-state index in [2.05, 4.69) is 0 Å². The molecule has 0 amide bonds. The van der Waals surface area contributed by atoms with Gasteiger partial charge in [-0.1, -0.05) is 0 Å². The molecule has 1 aromatic carbocycles. The van der Waals surface area contributed by atoms with Gasteiger partial charge in [0.25, 0.3) is 0 Å². The van der Waals surface area contributed by atoms with Crippen LogP contribution in [0.1, 0.15) is 31.2 Å². The molecule has 0 spiro atoms. The molecule has 5 heteroatoms. The maximum Gasteiger partial charge on any atom is 0.150 e. The van der Waals surface area contributed by atoms with Gasteiger partial charge in [-0.25, -0.2) is 12.8 Å². The molecule has 0 saturated heterocycles. The number of hydrogen-bond donors (Lipinski definition) is 0. The van der Waals surface area contributed by atoms with Gasteiger partial charge in [-0.3, -0.25) is 0 Å². The first-order chi connectivity index (χ1) is 8.86. The summed E-state index contributed by atoms with van der Waals surface area (Å²) in [6, 6.07) is 4.62. The number of aryl methyl sites for hydroxylation is 1. The summed E-state index contributed by atoms with van der Waals surface area (Å²) in [5.74, 6) is 0.350. The molecular weight excluding hydrogens is 267 g/mol. The molecule has 1 aromatic rings. The maximum atomic E-state index is 13.2. The SMILES string of the molecule is Cc1cc(OC2CCCC(S(C)(=O)=O)C2)ccc1F. The lowest BCUT2D eigenvalue weighted by molar-refractivity contribution is 0.156. The lowest BCUT2D eigenvalue weighted by Gasteiger charge is -2.28. The van der Waals surface area contributed by atoms with Crippen molar-refractivity contribution < 1.29 is 17.5 Å². The quantitative estimate of drug-likeness (QED) is 0.858. The Morgan fingerprint density at radius 2 is 2.05 bits per heavy atom. The van der Waals surface area contributed by atoms with Gasteiger partial charge in [0, 0.05) is 12.7 Å². The number of rotatable bonds is 3. The first kappa shape index (κ1) is 14.3. The van der Waals surface area contributed by atoms with Crippen LogP contribution in [0.25, 0.3) is 0 Å². The Hall–Kier alpha value is -1.10. The second-order valence-corrected chi connectivity index (χ2v) is 7.59. The van der Waals surface area contributed by atoms with Crippen LogP contribution in [0.5, 0.6) is 5.75 Å². The molecule has 1 aliphatic rings. The van der Waals surface area contributed by atoms with Crippen molar-refractivity contribution in [3.8, 4) is 5.75 Å². The van der Waals surface area contributed by atoms with Gasteiger partial charge >= 0.3 is 0 Å². The molecule has 2 unspecified atom stereocenters. The number of hydrogen-bond acceptors (Lipinski definition) is 3. The molecule has 0 heterocycles. The van der Waals surface area contributed by atoms with E-state index in [1.807, 2.05) is 0 Å². The van der Waals surface area contributed by atoms with Crippen molar-refractivity contribution in [3.63, 3.8) is 0 Å². The molecule has 2 atom stereocenters. The topological polar surface area (TPSA) is 43.4 Å². The number of halogens is 1. The normalized spacial score (nSPS) is 24.2. The van der Waals surface area contributed by atoms with E-state index in [0.29, 0.717) is 24.2 Å². The minimum Gasteiger partial charge on any atom is -0.490 e. The van der Waals surface area contributed by atoms with Crippen LogP contribution in [0.4, 0.5) is 4.39 Å². The van der Waals surface area contributed by atoms with Crippen molar-refractivity contribution >= 4 is 9.84 Å². The highest BCUT2D eigenvalue weighted by Gasteiger charge is 2.29. The molecule has 1 aliphatic carbocycles. The van der Waals surface area contributed by atoms with E-state index >= 15 is 0 Å². The van der Waals surface area contributed by atoms with E-state index in [9.17, 15) is 12.8 Å². The predicted octanol–water partition coefficient (Wildman–Crippen LogP) is 2.87. The van der Waals surface area contributed by atoms with Crippen LogP contribution in [-0.2, 0) is 9.84 Å². The fourth-order valence-electron chi connectivity index (χ4n) is 2.48. The zero-order valence-corrected chi connectivity index (χ0v) is 12.0. The Morgan fingerprint density at radius 3 is 2.68 bits per heavy atom. The predicted molar refractivity (Wildman–Crippen MR) is 72.7 cm³/mol. The standard InChI is InChI=1S/C14H19FO3S/c1-10-8-12(6-7-14(10)15)18-11-4-3-5-13(9-11)19(2,16)17/h6-8,11,13H,3-5,9H2,1-2H3. The zero-order chi connectivity index (χ0) is 14.0. The third-order valence-corrected chi connectivity index (χ3v) is 5.25. The number of benzene rings is 1. The molecule has 0 aliphatic heterocycles. The maximum absolute atomic E-state index is 13.2. The van der Waals surface area contributed by atoms with E-state index in [1.54, 1.807) is 19.1 Å². The molecule has 0 N–H and O–H groups in total. The average molecular weight is 286 g/mol. The fourth-order valence-corrected chi connectivity index (χ4v) is 3.64. The van der Waals surface area contributed by atoms with Crippen LogP contribution in [0.2, 0.25) is 0 Å². The molecular formula is C14H19FO3S. The van der Waals surface area contributed by atoms with Gasteiger partial charge in [-0.2, -0.15) is 0 Å². The Kier molecular flexibility index (Phi) is 4.13. The van der Waals surface area contributed by atoms with Gasteiger partial charge in [0.15, 0.2) is 0 Å². The van der Waals surface area contributed by atoms with Crippen molar-refractivity contribution in [2.24, 2.45) is 0 Å². The van der Waals surface area contributed by atoms with Gasteiger partial charge in [0.05, 0.1) is 11.4 Å². The Labute approximate surface area is 113 Å². The molecule has 1 saturated carbocycles. The van der Waals surface area contributed by atoms with Crippen LogP contribution in [-0.4, -0.2) is 26.0 Å². The number of sulfone groups is 1. The van der Waals surface area contributed by atoms with Crippen LogP contribution < -0.4 is 4.74 Å². The minimum atomic E-state index is -3.01. The van der Waals surface area contributed by atoms with Crippen molar-refractivity contribution in [2.75, 3.05) is 6.26 Å². The highest BCUT2D eigenvalue weighted by molar-refractivity contribution is 7.91. The second kappa shape index (κ2) is 5.49. The minimum absolute atomic E-state index is 0.0988. The lowest BCUT2D eigenvalue weighted by Crippen LogP contribution is -2.33. The Morgan fingerprint density at radius 1 is 1.32 bits per heavy atom. The van der Waals surface area contributed by atoms with Crippen molar-refractivity contribution in [2.45, 2.75) is 44.0 Å². The lowest BCUT2D eigenvalue weighted by atomic mass is 9.97. The highest BCUT2D eigenvalue weighted by Crippen LogP contribution is 2.28. The first-order valence-corrected chi connectivity index (χ1v) is 8.43. The third-order valence-electron chi connectivity index (χ3n) is 3.62. The second-order valence-electron chi connectivity index (χ2n) is 5.27. The molecule has 0 bridgehead atoms. The van der Waals surface area contributed by atoms with Crippen molar-refractivity contribution in [1.82, 2.24) is 0 Å². The summed E-state index contributed by atoms with van der Waals surface area (Å²) in [5.41, 5.74) is 0.535. The van der Waals surface area contributed by atoms with Crippen molar-refractivity contribution in [1.29, 1.82) is 0 Å². The molecule has 0 radical (unpaired) electrons. The summed E-state index contributed by atoms with van der Waals surface area (Å²) < 4.78 is 42.1. The molecule has 19 heavy (non-hydrogen) atoms. The average Bonchev–Trinajstić information content (AvgIpc) is 2.33. The van der Waals surface area contributed by atoms with Crippen LogP contribution >= 0.6 is 0 Å². The van der Waals surface area contributed by atoms with Gasteiger partial charge in [0.1, 0.15) is 21.4 Å². The largest absolute Gasteiger partial charge is 0.490 e. The Balaban J connectivity index is 2.04. The van der Waals surface area contributed by atoms with Gasteiger partial charge in [0.2, 0.25) is 0 Å². The molecule has 2 rings (SSSR count). The zero-order valence-electron chi connectivity index (χ0n) is 11.2. The van der Waals surface area contributed by atoms with E-state index < -0.39 is 9.84 Å². The van der Waals surface area contributed by atoms with Crippen LogP contribution in [0.3, 0.4) is 0 Å². The first-order valence-electron chi connectivity index (χ1n) is 6.48. The van der Waals surface area contributed by atoms with Crippen LogP contribution in [0, 0.1) is 12.7 Å². The summed E-state index contributed by atoms with van der Waals surface area (Å²) in [5, 5.41) is -0.312. The highest BCUT2D eigenvalue weighted by atomic mass is 32.2. The van der Waals surface area contributed by atoms with Gasteiger partial charge in [-0.15, -0.1) is 0 Å². The molecule has 106 valence electrons. The fraction of sp³-hybridized carbons (Fsp3) is 0.571. The molecule has 0 aromatic heterocycles. The molecule has 1 fully saturated rings. The summed E-state index contributed by atoms with van der Waals surface area (Å²) in [4.78, 5) is 0. The third kappa shape index (κ3) is 3.69. The summed E-state index contributed by atoms with van der Waals surface area (Å²) in [6.45, 7) is 1.68. The van der Waals surface area contributed by atoms with E-state index in [-0.39, 0.29) is 17.2 Å². The van der Waals surface area contributed by atoms with E-state index in [0.717, 1.165) is 12.8 Å². The van der Waals surface area contributed by atoms with E-state index in [4.69, 9.17) is 4.74 Å². The molecule has 3 nitrogen and oxygen atoms in total. The van der Waals surface area contributed by atoms with Crippen LogP contribution in [0.15, 0.2) is 18.2 Å². The summed E-state index contributed by atoms with van der Waals surface area (Å²) >= 11 is 0. The van der Waals surface area contributed by atoms with Gasteiger partial charge in [-0.05, 0) is 49.9 Å². The van der Waals surface area contributed by atoms with E-state index in [1.165, 1.54) is 12.3 Å². The smallest absolute Gasteiger partial charge is 0.150 e. The van der Waals surface area contributed by atoms with Crippen molar-refractivity contribution in [3.05, 3.63) is 29.6 Å². The summed E-state index contributed by atoms with van der Waals surface area (Å²) in [6.07, 6.45) is 4.11. The van der Waals surface area contributed by atoms with Gasteiger partial charge < -0.3 is 4.74 Å². The monoisotopic (exact) mass is 286 g/mol.